The average Bonchev–Trinajstić information content (AvgIpc) is 3.29. The van der Waals surface area contributed by atoms with E-state index >= 15 is 0 Å². The zero-order chi connectivity index (χ0) is 24.0. The van der Waals surface area contributed by atoms with Gasteiger partial charge in [0.15, 0.2) is 0 Å². The van der Waals surface area contributed by atoms with Crippen molar-refractivity contribution in [3.63, 3.8) is 0 Å². The first-order valence-corrected chi connectivity index (χ1v) is 11.5. The summed E-state index contributed by atoms with van der Waals surface area (Å²) < 4.78 is 16.9. The lowest BCUT2D eigenvalue weighted by molar-refractivity contribution is -0.143. The van der Waals surface area contributed by atoms with Gasteiger partial charge in [-0.2, -0.15) is 0 Å². The minimum Gasteiger partial charge on any atom is -0.486 e. The molecule has 0 aliphatic carbocycles. The third-order valence-electron chi connectivity index (χ3n) is 5.42. The number of H-pyrrole nitrogens is 1. The van der Waals surface area contributed by atoms with Gasteiger partial charge in [-0.1, -0.05) is 17.7 Å². The number of carbonyl (C=O) groups is 1. The Kier molecular flexibility index (Phi) is 6.92. The van der Waals surface area contributed by atoms with Crippen molar-refractivity contribution in [3.05, 3.63) is 65.6 Å². The maximum absolute atomic E-state index is 11.9. The molecule has 1 fully saturated rings. The van der Waals surface area contributed by atoms with Crippen LogP contribution in [0.5, 0.6) is 11.6 Å². The van der Waals surface area contributed by atoms with E-state index in [1.807, 2.05) is 30.3 Å². The molecule has 0 radical (unpaired) electrons. The number of pyridine rings is 2. The standard InChI is InChI=1S/C24H23ClN6O4/c25-18-13-16(4-5-20(18)35-14-17-3-1-2-7-26-17)28-23-22-19(6-8-27-23)29-30-24(22)34-12-10-31-9-11-33-15-21(31)32/h1-8,13H,9-12,14-15H2,(H,27,28)(H,29,30). The smallest absolute Gasteiger partial charge is 0.248 e. The first-order valence-electron chi connectivity index (χ1n) is 11.1. The lowest BCUT2D eigenvalue weighted by atomic mass is 10.2. The molecular formula is C24H23ClN6O4. The van der Waals surface area contributed by atoms with Crippen LogP contribution in [0.1, 0.15) is 5.69 Å². The molecule has 4 heterocycles. The lowest BCUT2D eigenvalue weighted by Crippen LogP contribution is -2.43. The van der Waals surface area contributed by atoms with Gasteiger partial charge in [0.05, 0.1) is 29.4 Å². The molecule has 180 valence electrons. The first-order chi connectivity index (χ1) is 17.2. The van der Waals surface area contributed by atoms with Gasteiger partial charge in [-0.05, 0) is 36.4 Å². The number of carbonyl (C=O) groups excluding carboxylic acids is 1. The van der Waals surface area contributed by atoms with Gasteiger partial charge >= 0.3 is 0 Å². The highest BCUT2D eigenvalue weighted by Crippen LogP contribution is 2.33. The number of anilines is 2. The fraction of sp³-hybridized carbons (Fsp3) is 0.250. The number of morpholine rings is 1. The van der Waals surface area contributed by atoms with Crippen LogP contribution in [0.4, 0.5) is 11.5 Å². The van der Waals surface area contributed by atoms with Crippen LogP contribution in [0.15, 0.2) is 54.9 Å². The van der Waals surface area contributed by atoms with Crippen LogP contribution in [0, 0.1) is 0 Å². The topological polar surface area (TPSA) is 114 Å². The van der Waals surface area contributed by atoms with Crippen molar-refractivity contribution in [2.75, 3.05) is 38.2 Å². The molecule has 3 aromatic heterocycles. The Morgan fingerprint density at radius 3 is 2.91 bits per heavy atom. The van der Waals surface area contributed by atoms with Crippen LogP contribution in [0.25, 0.3) is 10.9 Å². The number of rotatable bonds is 9. The number of benzene rings is 1. The van der Waals surface area contributed by atoms with E-state index in [9.17, 15) is 4.79 Å². The molecule has 1 saturated heterocycles. The molecule has 0 bridgehead atoms. The fourth-order valence-electron chi connectivity index (χ4n) is 3.64. The van der Waals surface area contributed by atoms with Gasteiger partial charge in [0.2, 0.25) is 11.8 Å². The Morgan fingerprint density at radius 2 is 2.09 bits per heavy atom. The number of nitrogens with zero attached hydrogens (tertiary/aromatic N) is 4. The van der Waals surface area contributed by atoms with Gasteiger partial charge in [0, 0.05) is 24.6 Å². The third kappa shape index (κ3) is 5.44. The fourth-order valence-corrected chi connectivity index (χ4v) is 3.88. The molecule has 1 aliphatic rings. The summed E-state index contributed by atoms with van der Waals surface area (Å²) in [7, 11) is 0. The molecule has 10 nitrogen and oxygen atoms in total. The largest absolute Gasteiger partial charge is 0.486 e. The molecule has 35 heavy (non-hydrogen) atoms. The number of halogens is 1. The van der Waals surface area contributed by atoms with Crippen LogP contribution >= 0.6 is 11.6 Å². The van der Waals surface area contributed by atoms with Crippen LogP contribution in [0.3, 0.4) is 0 Å². The number of hydrogen-bond donors (Lipinski definition) is 2. The number of hydrogen-bond acceptors (Lipinski definition) is 8. The minimum atomic E-state index is -0.0416. The minimum absolute atomic E-state index is 0.0416. The molecule has 1 aromatic carbocycles. The van der Waals surface area contributed by atoms with Gasteiger partial charge in [-0.15, -0.1) is 5.10 Å². The Morgan fingerprint density at radius 1 is 1.14 bits per heavy atom. The molecule has 4 aromatic rings. The molecule has 1 aliphatic heterocycles. The summed E-state index contributed by atoms with van der Waals surface area (Å²) in [5.74, 6) is 1.48. The summed E-state index contributed by atoms with van der Waals surface area (Å²) in [5.41, 5.74) is 2.31. The van der Waals surface area contributed by atoms with Gasteiger partial charge in [0.25, 0.3) is 0 Å². The Bertz CT molecular complexity index is 1320. The van der Waals surface area contributed by atoms with E-state index in [1.54, 1.807) is 29.4 Å². The van der Waals surface area contributed by atoms with Gasteiger partial charge in [-0.3, -0.25) is 14.9 Å². The predicted octanol–water partition coefficient (Wildman–Crippen LogP) is 3.57. The normalized spacial score (nSPS) is 13.7. The molecule has 1 amide bonds. The second-order valence-corrected chi connectivity index (χ2v) is 8.18. The van der Waals surface area contributed by atoms with Crippen LogP contribution in [-0.4, -0.2) is 63.9 Å². The van der Waals surface area contributed by atoms with Gasteiger partial charge in [0.1, 0.15) is 36.8 Å². The van der Waals surface area contributed by atoms with E-state index in [0.29, 0.717) is 60.8 Å². The zero-order valence-electron chi connectivity index (χ0n) is 18.7. The molecule has 0 atom stereocenters. The number of nitrogens with one attached hydrogen (secondary N) is 2. The number of amides is 1. The van der Waals surface area contributed by atoms with Crippen molar-refractivity contribution in [1.82, 2.24) is 25.1 Å². The molecule has 0 unspecified atom stereocenters. The monoisotopic (exact) mass is 494 g/mol. The van der Waals surface area contributed by atoms with E-state index in [1.165, 1.54) is 0 Å². The first kappa shape index (κ1) is 22.9. The van der Waals surface area contributed by atoms with E-state index in [-0.39, 0.29) is 12.5 Å². The molecule has 0 spiro atoms. The average molecular weight is 495 g/mol. The maximum atomic E-state index is 11.9. The Hall–Kier alpha value is -3.89. The number of ether oxygens (including phenoxy) is 3. The summed E-state index contributed by atoms with van der Waals surface area (Å²) in [4.78, 5) is 22.3. The Balaban J connectivity index is 1.27. The van der Waals surface area contributed by atoms with E-state index < -0.39 is 0 Å². The van der Waals surface area contributed by atoms with Gasteiger partial charge in [-0.25, -0.2) is 4.98 Å². The Labute approximate surface area is 206 Å². The van der Waals surface area contributed by atoms with Crippen LogP contribution in [-0.2, 0) is 16.1 Å². The van der Waals surface area contributed by atoms with Crippen molar-refractivity contribution in [1.29, 1.82) is 0 Å². The van der Waals surface area contributed by atoms with Crippen molar-refractivity contribution in [2.24, 2.45) is 0 Å². The summed E-state index contributed by atoms with van der Waals surface area (Å²) in [6.07, 6.45) is 3.39. The predicted molar refractivity (Wildman–Crippen MR) is 130 cm³/mol. The lowest BCUT2D eigenvalue weighted by Gasteiger charge is -2.26. The van der Waals surface area contributed by atoms with Crippen LogP contribution in [0.2, 0.25) is 5.02 Å². The highest BCUT2D eigenvalue weighted by Gasteiger charge is 2.19. The van der Waals surface area contributed by atoms with Crippen LogP contribution < -0.4 is 14.8 Å². The van der Waals surface area contributed by atoms with E-state index in [0.717, 1.165) is 16.9 Å². The maximum Gasteiger partial charge on any atom is 0.248 e. The summed E-state index contributed by atoms with van der Waals surface area (Å²) in [6.45, 7) is 2.27. The SMILES string of the molecule is O=C1COCCN1CCOc1n[nH]c2ccnc(Nc3ccc(OCc4ccccn4)c(Cl)c3)c12. The van der Waals surface area contributed by atoms with E-state index in [4.69, 9.17) is 25.8 Å². The number of fused-ring (bicyclic) bond motifs is 1. The summed E-state index contributed by atoms with van der Waals surface area (Å²) >= 11 is 6.45. The zero-order valence-corrected chi connectivity index (χ0v) is 19.5. The molecule has 11 heteroatoms. The summed E-state index contributed by atoms with van der Waals surface area (Å²) in [6, 6.07) is 12.9. The molecule has 5 rings (SSSR count). The quantitative estimate of drug-likeness (QED) is 0.363. The second kappa shape index (κ2) is 10.6. The van der Waals surface area contributed by atoms with Gasteiger partial charge < -0.3 is 24.4 Å². The molecular weight excluding hydrogens is 472 g/mol. The van der Waals surface area contributed by atoms with E-state index in [2.05, 4.69) is 25.5 Å². The number of aromatic amines is 1. The second-order valence-electron chi connectivity index (χ2n) is 7.77. The summed E-state index contributed by atoms with van der Waals surface area (Å²) in [5, 5.41) is 11.7. The highest BCUT2D eigenvalue weighted by molar-refractivity contribution is 6.32. The van der Waals surface area contributed by atoms with Crippen molar-refractivity contribution in [2.45, 2.75) is 6.61 Å². The van der Waals surface area contributed by atoms with Crippen molar-refractivity contribution in [3.8, 4) is 11.6 Å². The molecule has 0 saturated carbocycles. The molecule has 2 N–H and O–H groups in total. The highest BCUT2D eigenvalue weighted by atomic mass is 35.5. The van der Waals surface area contributed by atoms with Crippen molar-refractivity contribution < 1.29 is 19.0 Å². The third-order valence-corrected chi connectivity index (χ3v) is 5.72. The number of aromatic nitrogens is 4. The van der Waals surface area contributed by atoms with Crippen molar-refractivity contribution >= 4 is 39.9 Å².